The van der Waals surface area contributed by atoms with Gasteiger partial charge in [0.25, 0.3) is 0 Å². The third-order valence-electron chi connectivity index (χ3n) is 1.61. The highest BCUT2D eigenvalue weighted by atomic mass is 16.5. The fraction of sp³-hybridized carbons (Fsp3) is 0.333. The van der Waals surface area contributed by atoms with Crippen molar-refractivity contribution in [2.45, 2.75) is 0 Å². The molecule has 0 atom stereocenters. The summed E-state index contributed by atoms with van der Waals surface area (Å²) in [4.78, 5) is 14.0. The molecule has 0 spiro atoms. The van der Waals surface area contributed by atoms with Crippen LogP contribution in [0.1, 0.15) is 0 Å². The Hall–Kier alpha value is -1.82. The number of nitrogens with one attached hydrogen (secondary N) is 1. The van der Waals surface area contributed by atoms with Crippen molar-refractivity contribution in [1.82, 2.24) is 10.3 Å². The molecule has 0 amide bonds. The summed E-state index contributed by atoms with van der Waals surface area (Å²) in [6.07, 6.45) is 1.57. The predicted octanol–water partition coefficient (Wildman–Crippen LogP) is -0.283. The first-order chi connectivity index (χ1) is 7.20. The molecule has 1 heterocycles. The highest BCUT2D eigenvalue weighted by Crippen LogP contribution is 2.15. The molecule has 0 saturated heterocycles. The van der Waals surface area contributed by atoms with Crippen LogP contribution in [0.4, 0.5) is 5.82 Å². The van der Waals surface area contributed by atoms with E-state index in [1.807, 2.05) is 0 Å². The van der Waals surface area contributed by atoms with Gasteiger partial charge in [-0.3, -0.25) is 4.79 Å². The van der Waals surface area contributed by atoms with Crippen LogP contribution >= 0.6 is 0 Å². The van der Waals surface area contributed by atoms with Crippen LogP contribution in [0, 0.1) is 0 Å². The molecule has 15 heavy (non-hydrogen) atoms. The number of pyridine rings is 1. The number of aromatic nitrogens is 1. The van der Waals surface area contributed by atoms with Crippen LogP contribution < -0.4 is 15.8 Å². The van der Waals surface area contributed by atoms with Gasteiger partial charge in [0.1, 0.15) is 6.61 Å². The lowest BCUT2D eigenvalue weighted by Crippen LogP contribution is -2.27. The molecule has 0 aromatic carbocycles. The number of carboxylic acid groups (broad SMARTS) is 1. The molecule has 82 valence electrons. The Morgan fingerprint density at radius 1 is 1.67 bits per heavy atom. The maximum Gasteiger partial charge on any atom is 0.317 e. The van der Waals surface area contributed by atoms with Gasteiger partial charge in [-0.25, -0.2) is 4.98 Å². The molecule has 1 aromatic rings. The number of nitrogen functional groups attached to an aromatic ring is 1. The van der Waals surface area contributed by atoms with Gasteiger partial charge in [-0.15, -0.1) is 0 Å². The minimum Gasteiger partial charge on any atom is -0.488 e. The third-order valence-corrected chi connectivity index (χ3v) is 1.61. The fourth-order valence-electron chi connectivity index (χ4n) is 0.953. The average Bonchev–Trinajstić information content (AvgIpc) is 2.20. The predicted molar refractivity (Wildman–Crippen MR) is 54.6 cm³/mol. The lowest BCUT2D eigenvalue weighted by Gasteiger charge is -2.07. The molecule has 0 unspecified atom stereocenters. The standard InChI is InChI=1S/C9H13N3O3/c10-9-7(2-1-3-12-9)15-5-4-11-6-8(13)14/h1-3,11H,4-6H2,(H2,10,12)(H,13,14). The number of hydrogen-bond acceptors (Lipinski definition) is 5. The van der Waals surface area contributed by atoms with Crippen molar-refractivity contribution in [3.63, 3.8) is 0 Å². The summed E-state index contributed by atoms with van der Waals surface area (Å²) in [5, 5.41) is 11.0. The van der Waals surface area contributed by atoms with Gasteiger partial charge >= 0.3 is 5.97 Å². The highest BCUT2D eigenvalue weighted by molar-refractivity contribution is 5.68. The maximum absolute atomic E-state index is 10.2. The van der Waals surface area contributed by atoms with Crippen molar-refractivity contribution in [2.75, 3.05) is 25.4 Å². The van der Waals surface area contributed by atoms with Gasteiger partial charge < -0.3 is 20.9 Å². The second-order valence-corrected chi connectivity index (χ2v) is 2.81. The monoisotopic (exact) mass is 211 g/mol. The second-order valence-electron chi connectivity index (χ2n) is 2.81. The van der Waals surface area contributed by atoms with Crippen molar-refractivity contribution < 1.29 is 14.6 Å². The summed E-state index contributed by atoms with van der Waals surface area (Å²) in [5.74, 6) is -0.0544. The number of nitrogens with zero attached hydrogens (tertiary/aromatic N) is 1. The Balaban J connectivity index is 2.21. The Morgan fingerprint density at radius 3 is 3.13 bits per heavy atom. The minimum absolute atomic E-state index is 0.0775. The van der Waals surface area contributed by atoms with Gasteiger partial charge in [-0.1, -0.05) is 0 Å². The molecule has 0 radical (unpaired) electrons. The molecule has 6 heteroatoms. The summed E-state index contributed by atoms with van der Waals surface area (Å²) >= 11 is 0. The normalized spacial score (nSPS) is 9.87. The van der Waals surface area contributed by atoms with Crippen LogP contribution in [0.15, 0.2) is 18.3 Å². The SMILES string of the molecule is Nc1ncccc1OCCNCC(=O)O. The maximum atomic E-state index is 10.2. The van der Waals surface area contributed by atoms with E-state index in [0.29, 0.717) is 24.7 Å². The summed E-state index contributed by atoms with van der Waals surface area (Å²) < 4.78 is 5.28. The Morgan fingerprint density at radius 2 is 2.47 bits per heavy atom. The topological polar surface area (TPSA) is 97.5 Å². The zero-order valence-corrected chi connectivity index (χ0v) is 8.14. The van der Waals surface area contributed by atoms with Crippen LogP contribution in [0.3, 0.4) is 0 Å². The molecule has 0 aliphatic rings. The van der Waals surface area contributed by atoms with Gasteiger partial charge in [-0.2, -0.15) is 0 Å². The lowest BCUT2D eigenvalue weighted by molar-refractivity contribution is -0.135. The number of aliphatic carboxylic acids is 1. The van der Waals surface area contributed by atoms with Gasteiger partial charge in [0.05, 0.1) is 6.54 Å². The van der Waals surface area contributed by atoms with Crippen LogP contribution in [-0.2, 0) is 4.79 Å². The smallest absolute Gasteiger partial charge is 0.317 e. The van der Waals surface area contributed by atoms with Gasteiger partial charge in [0.2, 0.25) is 0 Å². The van der Waals surface area contributed by atoms with E-state index in [9.17, 15) is 4.79 Å². The number of carboxylic acids is 1. The van der Waals surface area contributed by atoms with Crippen molar-refractivity contribution in [2.24, 2.45) is 0 Å². The largest absolute Gasteiger partial charge is 0.488 e. The molecule has 0 saturated carbocycles. The second kappa shape index (κ2) is 5.82. The molecule has 1 aromatic heterocycles. The summed E-state index contributed by atoms with van der Waals surface area (Å²) in [5.41, 5.74) is 5.53. The third kappa shape index (κ3) is 4.28. The number of rotatable bonds is 6. The first-order valence-electron chi connectivity index (χ1n) is 4.46. The van der Waals surface area contributed by atoms with Crippen molar-refractivity contribution in [1.29, 1.82) is 0 Å². The minimum atomic E-state index is -0.893. The number of nitrogens with two attached hydrogens (primary N) is 1. The van der Waals surface area contributed by atoms with Gasteiger partial charge in [0.15, 0.2) is 11.6 Å². The van der Waals surface area contributed by atoms with E-state index in [4.69, 9.17) is 15.6 Å². The molecule has 0 fully saturated rings. The van der Waals surface area contributed by atoms with Crippen LogP contribution in [0.2, 0.25) is 0 Å². The van der Waals surface area contributed by atoms with Crippen LogP contribution in [0.5, 0.6) is 5.75 Å². The molecular formula is C9H13N3O3. The van der Waals surface area contributed by atoms with E-state index >= 15 is 0 Å². The van der Waals surface area contributed by atoms with Crippen LogP contribution in [-0.4, -0.2) is 35.8 Å². The van der Waals surface area contributed by atoms with E-state index in [2.05, 4.69) is 10.3 Å². The molecule has 0 aliphatic carbocycles. The summed E-state index contributed by atoms with van der Waals surface area (Å²) in [7, 11) is 0. The van der Waals surface area contributed by atoms with E-state index in [0.717, 1.165) is 0 Å². The van der Waals surface area contributed by atoms with E-state index < -0.39 is 5.97 Å². The van der Waals surface area contributed by atoms with Crippen LogP contribution in [0.25, 0.3) is 0 Å². The van der Waals surface area contributed by atoms with E-state index in [1.54, 1.807) is 18.3 Å². The molecule has 6 nitrogen and oxygen atoms in total. The number of ether oxygens (including phenoxy) is 1. The summed E-state index contributed by atoms with van der Waals surface area (Å²) in [6.45, 7) is 0.718. The molecule has 0 bridgehead atoms. The van der Waals surface area contributed by atoms with E-state index in [-0.39, 0.29) is 6.54 Å². The summed E-state index contributed by atoms with van der Waals surface area (Å²) in [6, 6.07) is 3.43. The Kier molecular flexibility index (Phi) is 4.36. The van der Waals surface area contributed by atoms with Gasteiger partial charge in [-0.05, 0) is 12.1 Å². The number of carbonyl (C=O) groups is 1. The van der Waals surface area contributed by atoms with E-state index in [1.165, 1.54) is 0 Å². The zero-order chi connectivity index (χ0) is 11.1. The van der Waals surface area contributed by atoms with Crippen molar-refractivity contribution in [3.8, 4) is 5.75 Å². The zero-order valence-electron chi connectivity index (χ0n) is 8.14. The van der Waals surface area contributed by atoms with Crippen molar-refractivity contribution >= 4 is 11.8 Å². The van der Waals surface area contributed by atoms with Gasteiger partial charge in [0, 0.05) is 12.7 Å². The Labute approximate surface area is 87.1 Å². The molecule has 1 rings (SSSR count). The first-order valence-corrected chi connectivity index (χ1v) is 4.46. The molecule has 0 aliphatic heterocycles. The lowest BCUT2D eigenvalue weighted by atomic mass is 10.4. The quantitative estimate of drug-likeness (QED) is 0.560. The average molecular weight is 211 g/mol. The Bertz CT molecular complexity index is 330. The first kappa shape index (κ1) is 11.3. The van der Waals surface area contributed by atoms with Crippen molar-refractivity contribution in [3.05, 3.63) is 18.3 Å². The molecular weight excluding hydrogens is 198 g/mol. The highest BCUT2D eigenvalue weighted by Gasteiger charge is 1.99. The number of hydrogen-bond donors (Lipinski definition) is 3. The fourth-order valence-corrected chi connectivity index (χ4v) is 0.953. The molecule has 4 N–H and O–H groups in total. The number of anilines is 1.